The Morgan fingerprint density at radius 1 is 1.35 bits per heavy atom. The molecule has 4 nitrogen and oxygen atoms in total. The van der Waals surface area contributed by atoms with Crippen LogP contribution in [0.25, 0.3) is 0 Å². The highest BCUT2D eigenvalue weighted by Gasteiger charge is 2.23. The van der Waals surface area contributed by atoms with E-state index in [1.807, 2.05) is 34.7 Å². The molecule has 20 heavy (non-hydrogen) atoms. The molecular formula is C15H32ClN3O. The lowest BCUT2D eigenvalue weighted by Crippen LogP contribution is -2.50. The fourth-order valence-electron chi connectivity index (χ4n) is 2.42. The maximum atomic E-state index is 12.1. The minimum Gasteiger partial charge on any atom is -0.350 e. The number of halogens is 1. The SMILES string of the molecule is CC(C(=O)NC(C)(C)C)N(C)CCC1CCNCC1.Cl. The van der Waals surface area contributed by atoms with Crippen molar-refractivity contribution >= 4 is 18.3 Å². The molecule has 0 aromatic heterocycles. The van der Waals surface area contributed by atoms with E-state index in [9.17, 15) is 4.79 Å². The third-order valence-electron chi connectivity index (χ3n) is 3.89. The minimum atomic E-state index is -0.152. The quantitative estimate of drug-likeness (QED) is 0.817. The van der Waals surface area contributed by atoms with Crippen molar-refractivity contribution in [2.75, 3.05) is 26.7 Å². The highest BCUT2D eigenvalue weighted by Crippen LogP contribution is 2.16. The summed E-state index contributed by atoms with van der Waals surface area (Å²) >= 11 is 0. The lowest BCUT2D eigenvalue weighted by molar-refractivity contribution is -0.126. The average Bonchev–Trinajstić information content (AvgIpc) is 2.34. The van der Waals surface area contributed by atoms with Crippen LogP contribution in [0.2, 0.25) is 0 Å². The van der Waals surface area contributed by atoms with Gasteiger partial charge in [0.1, 0.15) is 0 Å². The van der Waals surface area contributed by atoms with Crippen LogP contribution < -0.4 is 10.6 Å². The average molecular weight is 306 g/mol. The zero-order chi connectivity index (χ0) is 14.5. The Morgan fingerprint density at radius 2 is 1.90 bits per heavy atom. The number of hydrogen-bond donors (Lipinski definition) is 2. The lowest BCUT2D eigenvalue weighted by Gasteiger charge is -2.30. The van der Waals surface area contributed by atoms with Crippen molar-refractivity contribution in [1.29, 1.82) is 0 Å². The van der Waals surface area contributed by atoms with Crippen LogP contribution in [-0.2, 0) is 4.79 Å². The number of rotatable bonds is 5. The molecule has 1 rings (SSSR count). The van der Waals surface area contributed by atoms with Crippen molar-refractivity contribution in [2.24, 2.45) is 5.92 Å². The van der Waals surface area contributed by atoms with Crippen LogP contribution in [0.15, 0.2) is 0 Å². The fourth-order valence-corrected chi connectivity index (χ4v) is 2.42. The Bertz CT molecular complexity index is 285. The van der Waals surface area contributed by atoms with E-state index < -0.39 is 0 Å². The van der Waals surface area contributed by atoms with E-state index >= 15 is 0 Å². The van der Waals surface area contributed by atoms with Gasteiger partial charge in [0.05, 0.1) is 6.04 Å². The van der Waals surface area contributed by atoms with E-state index in [1.165, 1.54) is 19.3 Å². The summed E-state index contributed by atoms with van der Waals surface area (Å²) in [5.41, 5.74) is -0.152. The summed E-state index contributed by atoms with van der Waals surface area (Å²) < 4.78 is 0. The van der Waals surface area contributed by atoms with Crippen LogP contribution in [0.3, 0.4) is 0 Å². The first kappa shape index (κ1) is 19.7. The molecule has 1 fully saturated rings. The summed E-state index contributed by atoms with van der Waals surface area (Å²) in [6.07, 6.45) is 3.75. The molecule has 1 aliphatic heterocycles. The van der Waals surface area contributed by atoms with Gasteiger partial charge in [0.2, 0.25) is 5.91 Å². The van der Waals surface area contributed by atoms with Crippen LogP contribution in [0, 0.1) is 5.92 Å². The number of hydrogen-bond acceptors (Lipinski definition) is 3. The molecule has 5 heteroatoms. The minimum absolute atomic E-state index is 0. The molecule has 2 N–H and O–H groups in total. The lowest BCUT2D eigenvalue weighted by atomic mass is 9.94. The first-order chi connectivity index (χ1) is 8.79. The van der Waals surface area contributed by atoms with Crippen LogP contribution in [-0.4, -0.2) is 49.1 Å². The summed E-state index contributed by atoms with van der Waals surface area (Å²) in [4.78, 5) is 14.3. The molecule has 1 atom stereocenters. The van der Waals surface area contributed by atoms with Gasteiger partial charge in [0.15, 0.2) is 0 Å². The van der Waals surface area contributed by atoms with Gasteiger partial charge in [-0.15, -0.1) is 12.4 Å². The second-order valence-corrected chi connectivity index (χ2v) is 6.88. The molecule has 0 saturated carbocycles. The first-order valence-corrected chi connectivity index (χ1v) is 7.52. The summed E-state index contributed by atoms with van der Waals surface area (Å²) in [6.45, 7) is 11.3. The van der Waals surface area contributed by atoms with E-state index in [2.05, 4.69) is 15.5 Å². The predicted octanol–water partition coefficient (Wildman–Crippen LogP) is 2.03. The second-order valence-electron chi connectivity index (χ2n) is 6.88. The zero-order valence-corrected chi connectivity index (χ0v) is 14.5. The van der Waals surface area contributed by atoms with E-state index in [-0.39, 0.29) is 29.9 Å². The van der Waals surface area contributed by atoms with E-state index in [1.54, 1.807) is 0 Å². The maximum Gasteiger partial charge on any atom is 0.237 e. The predicted molar refractivity (Wildman–Crippen MR) is 87.4 cm³/mol. The Labute approximate surface area is 130 Å². The molecule has 0 aliphatic carbocycles. The summed E-state index contributed by atoms with van der Waals surface area (Å²) in [5, 5.41) is 6.44. The zero-order valence-electron chi connectivity index (χ0n) is 13.7. The number of carbonyl (C=O) groups is 1. The van der Waals surface area contributed by atoms with E-state index in [0.717, 1.165) is 25.6 Å². The van der Waals surface area contributed by atoms with E-state index in [4.69, 9.17) is 0 Å². The molecule has 0 aromatic rings. The molecule has 0 radical (unpaired) electrons. The van der Waals surface area contributed by atoms with Gasteiger partial charge in [-0.05, 0) is 79.6 Å². The molecule has 0 bridgehead atoms. The molecule has 1 aliphatic rings. The fraction of sp³-hybridized carbons (Fsp3) is 0.933. The second kappa shape index (κ2) is 8.85. The number of carbonyl (C=O) groups excluding carboxylic acids is 1. The van der Waals surface area contributed by atoms with Gasteiger partial charge in [-0.1, -0.05) is 0 Å². The van der Waals surface area contributed by atoms with Crippen LogP contribution >= 0.6 is 12.4 Å². The highest BCUT2D eigenvalue weighted by molar-refractivity contribution is 5.85. The van der Waals surface area contributed by atoms with Gasteiger partial charge in [0.25, 0.3) is 0 Å². The van der Waals surface area contributed by atoms with Gasteiger partial charge in [-0.3, -0.25) is 9.69 Å². The molecule has 1 heterocycles. The largest absolute Gasteiger partial charge is 0.350 e. The standard InChI is InChI=1S/C15H31N3O.ClH/c1-12(14(19)17-15(2,3)4)18(5)11-8-13-6-9-16-10-7-13;/h12-13,16H,6-11H2,1-5H3,(H,17,19);1H. The van der Waals surface area contributed by atoms with Crippen LogP contribution in [0.4, 0.5) is 0 Å². The van der Waals surface area contributed by atoms with Gasteiger partial charge in [-0.2, -0.15) is 0 Å². The van der Waals surface area contributed by atoms with E-state index in [0.29, 0.717) is 0 Å². The Kier molecular flexibility index (Phi) is 8.71. The summed E-state index contributed by atoms with van der Waals surface area (Å²) in [6, 6.07) is -0.0547. The van der Waals surface area contributed by atoms with Gasteiger partial charge in [-0.25, -0.2) is 0 Å². The molecular weight excluding hydrogens is 274 g/mol. The molecule has 0 aromatic carbocycles. The van der Waals surface area contributed by atoms with Gasteiger partial charge in [0, 0.05) is 5.54 Å². The van der Waals surface area contributed by atoms with Crippen molar-refractivity contribution in [3.8, 4) is 0 Å². The van der Waals surface area contributed by atoms with Crippen molar-refractivity contribution < 1.29 is 4.79 Å². The van der Waals surface area contributed by atoms with Crippen molar-refractivity contribution in [3.05, 3.63) is 0 Å². The number of amides is 1. The smallest absolute Gasteiger partial charge is 0.237 e. The third-order valence-corrected chi connectivity index (χ3v) is 3.89. The number of nitrogens with one attached hydrogen (secondary N) is 2. The first-order valence-electron chi connectivity index (χ1n) is 7.52. The van der Waals surface area contributed by atoms with Gasteiger partial charge < -0.3 is 10.6 Å². The van der Waals surface area contributed by atoms with Crippen molar-refractivity contribution in [1.82, 2.24) is 15.5 Å². The third kappa shape index (κ3) is 7.46. The van der Waals surface area contributed by atoms with Gasteiger partial charge >= 0.3 is 0 Å². The van der Waals surface area contributed by atoms with Crippen molar-refractivity contribution in [3.63, 3.8) is 0 Å². The van der Waals surface area contributed by atoms with Crippen molar-refractivity contribution in [2.45, 2.75) is 58.5 Å². The van der Waals surface area contributed by atoms with Crippen LogP contribution in [0.5, 0.6) is 0 Å². The molecule has 1 saturated heterocycles. The Hall–Kier alpha value is -0.320. The Morgan fingerprint density at radius 3 is 2.40 bits per heavy atom. The summed E-state index contributed by atoms with van der Waals surface area (Å²) in [7, 11) is 2.05. The van der Waals surface area contributed by atoms with Crippen LogP contribution in [0.1, 0.15) is 47.0 Å². The maximum absolute atomic E-state index is 12.1. The molecule has 1 amide bonds. The Balaban J connectivity index is 0.00000361. The number of nitrogens with zero attached hydrogens (tertiary/aromatic N) is 1. The number of likely N-dealkylation sites (N-methyl/N-ethyl adjacent to an activating group) is 1. The monoisotopic (exact) mass is 305 g/mol. The highest BCUT2D eigenvalue weighted by atomic mass is 35.5. The number of piperidine rings is 1. The molecule has 0 spiro atoms. The molecule has 1 unspecified atom stereocenters. The summed E-state index contributed by atoms with van der Waals surface area (Å²) in [5.74, 6) is 0.946. The normalized spacial score (nSPS) is 18.5. The topological polar surface area (TPSA) is 44.4 Å². The molecule has 120 valence electrons.